The Morgan fingerprint density at radius 3 is 0.740 bits per heavy atom. The molecule has 5 aromatic carbocycles. The highest BCUT2D eigenvalue weighted by Gasteiger charge is 2.43. The average molecular weight is 955 g/mol. The molecular formula is C44H50Br4Si2. The van der Waals surface area contributed by atoms with Crippen molar-refractivity contribution in [2.75, 3.05) is 0 Å². The van der Waals surface area contributed by atoms with Gasteiger partial charge >= 0.3 is 0 Å². The molecule has 0 unspecified atom stereocenters. The van der Waals surface area contributed by atoms with Crippen molar-refractivity contribution >= 4 is 123 Å². The van der Waals surface area contributed by atoms with Gasteiger partial charge in [0.1, 0.15) is 16.1 Å². The molecule has 5 aromatic rings. The van der Waals surface area contributed by atoms with Crippen molar-refractivity contribution in [3.8, 4) is 22.9 Å². The Morgan fingerprint density at radius 2 is 0.560 bits per heavy atom. The maximum Gasteiger partial charge on any atom is 0.146 e. The van der Waals surface area contributed by atoms with Gasteiger partial charge in [-0.3, -0.25) is 0 Å². The van der Waals surface area contributed by atoms with Gasteiger partial charge in [0.05, 0.1) is 0 Å². The highest BCUT2D eigenvalue weighted by atomic mass is 79.9. The fourth-order valence-electron chi connectivity index (χ4n) is 9.18. The number of fused-ring (bicyclic) bond motifs is 4. The minimum Gasteiger partial charge on any atom is -0.125 e. The summed E-state index contributed by atoms with van der Waals surface area (Å²) in [5.74, 6) is 7.96. The highest BCUT2D eigenvalue weighted by molar-refractivity contribution is 9.13. The van der Waals surface area contributed by atoms with Crippen molar-refractivity contribution in [1.82, 2.24) is 0 Å². The van der Waals surface area contributed by atoms with Gasteiger partial charge in [-0.25, -0.2) is 0 Å². The molecule has 0 aromatic heterocycles. The van der Waals surface area contributed by atoms with E-state index >= 15 is 0 Å². The second-order valence-electron chi connectivity index (χ2n) is 16.1. The standard InChI is InChI=1S/C44H50Br4Si2/c1-25(2)49(26(3)4,27(5)6)15-13-35-37-17-31-21-41(45)43(47)23-33(31)19-39(37)36(14-16-50(28(7)8,29(9)10)30(11)12)40-20-34-24-44(48)42(46)22-32(34)18-38(35)40/h17-30H,1-12H3. The van der Waals surface area contributed by atoms with Gasteiger partial charge in [-0.15, -0.1) is 11.1 Å². The highest BCUT2D eigenvalue weighted by Crippen LogP contribution is 2.44. The SMILES string of the molecule is CC(C)[Si](C#Cc1c2cc3cc(Br)c(Br)cc3cc2c(C#C[Si](C(C)C)(C(C)C)C(C)C)c2cc3cc(Br)c(Br)cc3cc12)(C(C)C)C(C)C. The molecule has 0 aliphatic carbocycles. The number of benzene rings is 5. The van der Waals surface area contributed by atoms with E-state index in [1.807, 2.05) is 0 Å². The first-order valence-corrected chi connectivity index (χ1v) is 25.7. The molecule has 0 spiro atoms. The van der Waals surface area contributed by atoms with Crippen molar-refractivity contribution in [1.29, 1.82) is 0 Å². The Labute approximate surface area is 336 Å². The zero-order valence-corrected chi connectivity index (χ0v) is 39.9. The molecule has 6 heteroatoms. The first-order chi connectivity index (χ1) is 23.4. The van der Waals surface area contributed by atoms with Crippen LogP contribution in [-0.4, -0.2) is 16.1 Å². The van der Waals surface area contributed by atoms with Gasteiger partial charge in [-0.05, 0) is 189 Å². The zero-order chi connectivity index (χ0) is 37.0. The molecular weight excluding hydrogens is 904 g/mol. The Morgan fingerprint density at radius 1 is 0.360 bits per heavy atom. The topological polar surface area (TPSA) is 0 Å². The molecule has 0 atom stereocenters. The van der Waals surface area contributed by atoms with Gasteiger partial charge in [0.15, 0.2) is 0 Å². The summed E-state index contributed by atoms with van der Waals surface area (Å²) in [6, 6.07) is 18.4. The summed E-state index contributed by atoms with van der Waals surface area (Å²) in [7, 11) is -4.06. The van der Waals surface area contributed by atoms with Crippen LogP contribution in [0, 0.1) is 22.9 Å². The average Bonchev–Trinajstić information content (AvgIpc) is 3.01. The lowest BCUT2D eigenvalue weighted by atomic mass is 9.89. The third-order valence-corrected chi connectivity index (χ3v) is 27.9. The van der Waals surface area contributed by atoms with Gasteiger partial charge in [0.25, 0.3) is 0 Å². The van der Waals surface area contributed by atoms with Gasteiger partial charge < -0.3 is 0 Å². The molecule has 0 aliphatic heterocycles. The minimum atomic E-state index is -2.03. The summed E-state index contributed by atoms with van der Waals surface area (Å²) < 4.78 is 4.19. The molecule has 262 valence electrons. The van der Waals surface area contributed by atoms with Crippen LogP contribution in [0.15, 0.2) is 66.4 Å². The van der Waals surface area contributed by atoms with E-state index in [0.29, 0.717) is 33.2 Å². The molecule has 0 nitrogen and oxygen atoms in total. The van der Waals surface area contributed by atoms with Gasteiger partial charge in [-0.1, -0.05) is 94.9 Å². The van der Waals surface area contributed by atoms with E-state index in [1.165, 1.54) is 43.1 Å². The molecule has 0 fully saturated rings. The monoisotopic (exact) mass is 950 g/mol. The fourth-order valence-corrected chi connectivity index (χ4v) is 21.0. The predicted molar refractivity (Wildman–Crippen MR) is 243 cm³/mol. The third-order valence-electron chi connectivity index (χ3n) is 11.6. The van der Waals surface area contributed by atoms with Crippen LogP contribution < -0.4 is 0 Å². The lowest BCUT2D eigenvalue weighted by Gasteiger charge is -2.38. The second-order valence-corrected chi connectivity index (χ2v) is 30.6. The number of halogens is 4. The molecule has 0 radical (unpaired) electrons. The molecule has 0 N–H and O–H groups in total. The van der Waals surface area contributed by atoms with Gasteiger partial charge in [-0.2, -0.15) is 0 Å². The van der Waals surface area contributed by atoms with Crippen molar-refractivity contribution in [2.24, 2.45) is 0 Å². The van der Waals surface area contributed by atoms with E-state index in [1.54, 1.807) is 0 Å². The molecule has 0 bridgehead atoms. The Balaban J connectivity index is 2.09. The number of hydrogen-bond donors (Lipinski definition) is 0. The molecule has 0 saturated carbocycles. The van der Waals surface area contributed by atoms with Crippen LogP contribution in [0.4, 0.5) is 0 Å². The summed E-state index contributed by atoms with van der Waals surface area (Å²) in [4.78, 5) is 0. The molecule has 0 saturated heterocycles. The summed E-state index contributed by atoms with van der Waals surface area (Å²) in [5, 5.41) is 9.53. The van der Waals surface area contributed by atoms with E-state index in [-0.39, 0.29) is 0 Å². The smallest absolute Gasteiger partial charge is 0.125 e. The molecule has 0 aliphatic rings. The summed E-state index contributed by atoms with van der Waals surface area (Å²) in [5.41, 5.74) is 13.7. The third kappa shape index (κ3) is 6.89. The Hall–Kier alpha value is -1.39. The summed E-state index contributed by atoms with van der Waals surface area (Å²) in [6.45, 7) is 28.8. The van der Waals surface area contributed by atoms with Crippen molar-refractivity contribution < 1.29 is 0 Å². The molecule has 0 amide bonds. The fraction of sp³-hybridized carbons (Fsp3) is 0.409. The molecule has 50 heavy (non-hydrogen) atoms. The van der Waals surface area contributed by atoms with Gasteiger partial charge in [0, 0.05) is 29.0 Å². The quantitative estimate of drug-likeness (QED) is 0.0904. The summed E-state index contributed by atoms with van der Waals surface area (Å²) in [6.07, 6.45) is 0. The van der Waals surface area contributed by atoms with Crippen LogP contribution in [0.25, 0.3) is 43.1 Å². The summed E-state index contributed by atoms with van der Waals surface area (Å²) >= 11 is 15.2. The van der Waals surface area contributed by atoms with E-state index in [2.05, 4.69) is 218 Å². The van der Waals surface area contributed by atoms with E-state index < -0.39 is 16.1 Å². The lowest BCUT2D eigenvalue weighted by Crippen LogP contribution is -2.43. The number of hydrogen-bond acceptors (Lipinski definition) is 0. The van der Waals surface area contributed by atoms with Crippen molar-refractivity contribution in [3.05, 3.63) is 77.5 Å². The van der Waals surface area contributed by atoms with Crippen LogP contribution in [0.5, 0.6) is 0 Å². The maximum absolute atomic E-state index is 4.12. The second kappa shape index (κ2) is 15.2. The Kier molecular flexibility index (Phi) is 12.1. The predicted octanol–water partition coefficient (Wildman–Crippen LogP) is 16.5. The first-order valence-electron chi connectivity index (χ1n) is 18.0. The van der Waals surface area contributed by atoms with Crippen LogP contribution in [0.2, 0.25) is 33.2 Å². The molecule has 0 heterocycles. The first kappa shape index (κ1) is 39.8. The largest absolute Gasteiger partial charge is 0.146 e. The Bertz CT molecular complexity index is 1940. The number of rotatable bonds is 6. The van der Waals surface area contributed by atoms with Crippen LogP contribution in [0.3, 0.4) is 0 Å². The zero-order valence-electron chi connectivity index (χ0n) is 31.6. The van der Waals surface area contributed by atoms with Crippen LogP contribution >= 0.6 is 63.7 Å². The minimum absolute atomic E-state index is 0.544. The van der Waals surface area contributed by atoms with E-state index in [9.17, 15) is 0 Å². The van der Waals surface area contributed by atoms with E-state index in [4.69, 9.17) is 0 Å². The lowest BCUT2D eigenvalue weighted by molar-refractivity contribution is 0.838. The van der Waals surface area contributed by atoms with Gasteiger partial charge in [0.2, 0.25) is 0 Å². The maximum atomic E-state index is 4.12. The van der Waals surface area contributed by atoms with Crippen molar-refractivity contribution in [3.63, 3.8) is 0 Å². The van der Waals surface area contributed by atoms with Crippen molar-refractivity contribution in [2.45, 2.75) is 116 Å². The van der Waals surface area contributed by atoms with E-state index in [0.717, 1.165) is 29.0 Å². The van der Waals surface area contributed by atoms with Crippen LogP contribution in [-0.2, 0) is 0 Å². The normalized spacial score (nSPS) is 12.8. The van der Waals surface area contributed by atoms with Crippen LogP contribution in [0.1, 0.15) is 94.2 Å². The molecule has 5 rings (SSSR count).